The topological polar surface area (TPSA) is 137 Å². The third-order valence-electron chi connectivity index (χ3n) is 7.00. The lowest BCUT2D eigenvalue weighted by molar-refractivity contribution is -0.135. The quantitative estimate of drug-likeness (QED) is 0.467. The van der Waals surface area contributed by atoms with Crippen LogP contribution in [0.3, 0.4) is 0 Å². The Kier molecular flexibility index (Phi) is 9.03. The molecule has 3 aromatic rings. The number of fused-ring (bicyclic) bond motifs is 1. The van der Waals surface area contributed by atoms with Crippen LogP contribution in [-0.2, 0) is 31.5 Å². The molecule has 0 bridgehead atoms. The van der Waals surface area contributed by atoms with Crippen LogP contribution in [0, 0.1) is 11.6 Å². The number of piperazine rings is 1. The largest absolute Gasteiger partial charge is 0.501 e. The fourth-order valence-corrected chi connectivity index (χ4v) is 4.63. The molecule has 12 nitrogen and oxygen atoms in total. The highest BCUT2D eigenvalue weighted by Crippen LogP contribution is 2.19. The van der Waals surface area contributed by atoms with Crippen molar-refractivity contribution in [2.45, 2.75) is 19.6 Å². The standard InChI is InChI=1S/C15H14FN3O4.C13H16FN3O2/c1-17-14(22)12(20)11-13(21)18(6-7-19(11)15(17)23)8-9-2-4-10(16)5-3-9;1-15-13(19)17-7-6-16(12(18)9-17)8-10-2-4-11(14)5-3-10/h2-5,20H,6-8H2,1H3;2-5H,6-9H2,1H3,(H,15,19). The van der Waals surface area contributed by atoms with Crippen LogP contribution in [0.25, 0.3) is 0 Å². The van der Waals surface area contributed by atoms with E-state index in [0.717, 1.165) is 14.7 Å². The summed E-state index contributed by atoms with van der Waals surface area (Å²) in [5.41, 5.74) is -0.260. The summed E-state index contributed by atoms with van der Waals surface area (Å²) in [6, 6.07) is 11.5. The van der Waals surface area contributed by atoms with E-state index in [1.807, 2.05) is 0 Å². The predicted molar refractivity (Wildman–Crippen MR) is 147 cm³/mol. The van der Waals surface area contributed by atoms with Crippen molar-refractivity contribution in [2.24, 2.45) is 7.05 Å². The third kappa shape index (κ3) is 6.48. The number of aromatic hydroxyl groups is 1. The second-order valence-corrected chi connectivity index (χ2v) is 9.77. The van der Waals surface area contributed by atoms with Crippen LogP contribution < -0.4 is 16.6 Å². The summed E-state index contributed by atoms with van der Waals surface area (Å²) in [4.78, 5) is 64.2. The van der Waals surface area contributed by atoms with Gasteiger partial charge in [-0.1, -0.05) is 24.3 Å². The average Bonchev–Trinajstić information content (AvgIpc) is 2.99. The van der Waals surface area contributed by atoms with Gasteiger partial charge in [0.1, 0.15) is 18.2 Å². The SMILES string of the molecule is CNC(=O)N1CCN(Cc2ccc(F)cc2)C(=O)C1.Cn1c(=O)c(O)c2n(c1=O)CCN(Cc1ccc(F)cc1)C2=O. The Morgan fingerprint density at radius 3 is 1.88 bits per heavy atom. The van der Waals surface area contributed by atoms with E-state index < -0.39 is 22.9 Å². The summed E-state index contributed by atoms with van der Waals surface area (Å²) >= 11 is 0. The van der Waals surface area contributed by atoms with E-state index in [4.69, 9.17) is 0 Å². The first-order valence-corrected chi connectivity index (χ1v) is 13.1. The Hall–Kier alpha value is -5.01. The first-order chi connectivity index (χ1) is 20.0. The number of aromatic nitrogens is 2. The van der Waals surface area contributed by atoms with Gasteiger partial charge in [-0.2, -0.15) is 0 Å². The molecule has 1 saturated heterocycles. The van der Waals surface area contributed by atoms with E-state index in [9.17, 15) is 37.9 Å². The van der Waals surface area contributed by atoms with Gasteiger partial charge in [-0.25, -0.2) is 18.4 Å². The van der Waals surface area contributed by atoms with Gasteiger partial charge in [0.25, 0.3) is 11.5 Å². The predicted octanol–water partition coefficient (Wildman–Crippen LogP) is 0.857. The molecule has 0 atom stereocenters. The summed E-state index contributed by atoms with van der Waals surface area (Å²) in [6.45, 7) is 2.14. The van der Waals surface area contributed by atoms with Crippen molar-refractivity contribution in [1.82, 2.24) is 29.2 Å². The second-order valence-electron chi connectivity index (χ2n) is 9.77. The highest BCUT2D eigenvalue weighted by Gasteiger charge is 2.31. The maximum Gasteiger partial charge on any atom is 0.331 e. The Bertz CT molecular complexity index is 1600. The van der Waals surface area contributed by atoms with Gasteiger partial charge in [0, 0.05) is 53.4 Å². The van der Waals surface area contributed by atoms with Crippen molar-refractivity contribution in [3.63, 3.8) is 0 Å². The van der Waals surface area contributed by atoms with Gasteiger partial charge in [-0.3, -0.25) is 23.5 Å². The van der Waals surface area contributed by atoms with Crippen molar-refractivity contribution in [2.75, 3.05) is 33.2 Å². The highest BCUT2D eigenvalue weighted by molar-refractivity contribution is 5.95. The monoisotopic (exact) mass is 584 g/mol. The zero-order valence-corrected chi connectivity index (χ0v) is 23.0. The maximum absolute atomic E-state index is 12.9. The first-order valence-electron chi connectivity index (χ1n) is 13.1. The molecule has 3 heterocycles. The highest BCUT2D eigenvalue weighted by atomic mass is 19.1. The van der Waals surface area contributed by atoms with Crippen LogP contribution in [0.2, 0.25) is 0 Å². The number of hydrogen-bond donors (Lipinski definition) is 2. The smallest absolute Gasteiger partial charge is 0.331 e. The van der Waals surface area contributed by atoms with Gasteiger partial charge >= 0.3 is 11.7 Å². The molecule has 0 spiro atoms. The molecule has 222 valence electrons. The minimum atomic E-state index is -0.904. The van der Waals surface area contributed by atoms with Gasteiger partial charge in [0.05, 0.1) is 0 Å². The zero-order valence-electron chi connectivity index (χ0n) is 23.0. The lowest BCUT2D eigenvalue weighted by atomic mass is 10.1. The molecule has 2 N–H and O–H groups in total. The maximum atomic E-state index is 12.9. The van der Waals surface area contributed by atoms with E-state index >= 15 is 0 Å². The molecular formula is C28H30F2N6O6. The molecule has 0 unspecified atom stereocenters. The minimum Gasteiger partial charge on any atom is -0.501 e. The van der Waals surface area contributed by atoms with Gasteiger partial charge in [-0.15, -0.1) is 0 Å². The summed E-state index contributed by atoms with van der Waals surface area (Å²) in [5, 5.41) is 12.4. The molecule has 2 aromatic carbocycles. The van der Waals surface area contributed by atoms with Crippen molar-refractivity contribution in [1.29, 1.82) is 0 Å². The molecule has 42 heavy (non-hydrogen) atoms. The lowest BCUT2D eigenvalue weighted by Crippen LogP contribution is -2.53. The van der Waals surface area contributed by atoms with Crippen LogP contribution in [0.15, 0.2) is 58.1 Å². The average molecular weight is 585 g/mol. The number of nitrogens with zero attached hydrogens (tertiary/aromatic N) is 5. The van der Waals surface area contributed by atoms with Crippen LogP contribution in [0.4, 0.5) is 13.6 Å². The van der Waals surface area contributed by atoms with Crippen molar-refractivity contribution < 1.29 is 28.3 Å². The number of hydrogen-bond acceptors (Lipinski definition) is 6. The van der Waals surface area contributed by atoms with E-state index in [1.165, 1.54) is 48.2 Å². The fraction of sp³-hybridized carbons (Fsp3) is 0.321. The lowest BCUT2D eigenvalue weighted by Gasteiger charge is -2.34. The Morgan fingerprint density at radius 2 is 1.36 bits per heavy atom. The number of benzene rings is 2. The van der Waals surface area contributed by atoms with Crippen LogP contribution in [0.5, 0.6) is 5.75 Å². The summed E-state index contributed by atoms with van der Waals surface area (Å²) in [5.74, 6) is -2.11. The Morgan fingerprint density at radius 1 is 0.833 bits per heavy atom. The van der Waals surface area contributed by atoms with E-state index in [0.29, 0.717) is 25.2 Å². The number of halogens is 2. The first kappa shape index (κ1) is 30.0. The molecular weight excluding hydrogens is 554 g/mol. The van der Waals surface area contributed by atoms with Crippen molar-refractivity contribution in [3.8, 4) is 5.75 Å². The normalized spacial score (nSPS) is 14.7. The number of carbonyl (C=O) groups excluding carboxylic acids is 3. The van der Waals surface area contributed by atoms with E-state index in [-0.39, 0.29) is 55.4 Å². The molecule has 2 aliphatic heterocycles. The third-order valence-corrected chi connectivity index (χ3v) is 7.00. The number of nitrogens with one attached hydrogen (secondary N) is 1. The number of urea groups is 1. The van der Waals surface area contributed by atoms with Crippen LogP contribution in [0.1, 0.15) is 21.6 Å². The molecule has 1 fully saturated rings. The summed E-state index contributed by atoms with van der Waals surface area (Å²) in [6.07, 6.45) is 0. The van der Waals surface area contributed by atoms with Gasteiger partial charge < -0.3 is 25.1 Å². The fourth-order valence-electron chi connectivity index (χ4n) is 4.63. The Balaban J connectivity index is 0.000000197. The summed E-state index contributed by atoms with van der Waals surface area (Å²) in [7, 11) is 2.78. The minimum absolute atomic E-state index is 0.0842. The van der Waals surface area contributed by atoms with E-state index in [1.54, 1.807) is 29.2 Å². The molecule has 0 radical (unpaired) electrons. The molecule has 0 aliphatic carbocycles. The second kappa shape index (κ2) is 12.7. The molecule has 2 aliphatic rings. The molecule has 5 rings (SSSR count). The summed E-state index contributed by atoms with van der Waals surface area (Å²) < 4.78 is 27.6. The number of rotatable bonds is 4. The number of carbonyl (C=O) groups is 3. The van der Waals surface area contributed by atoms with Crippen molar-refractivity contribution in [3.05, 3.63) is 97.8 Å². The van der Waals surface area contributed by atoms with Gasteiger partial charge in [0.15, 0.2) is 5.69 Å². The zero-order chi connectivity index (χ0) is 30.6. The Labute approximate surface area is 239 Å². The van der Waals surface area contributed by atoms with Crippen molar-refractivity contribution >= 4 is 17.8 Å². The van der Waals surface area contributed by atoms with Crippen LogP contribution >= 0.6 is 0 Å². The molecule has 4 amide bonds. The molecule has 14 heteroatoms. The number of amides is 4. The molecule has 0 saturated carbocycles. The van der Waals surface area contributed by atoms with Gasteiger partial charge in [-0.05, 0) is 35.4 Å². The molecule has 1 aromatic heterocycles. The van der Waals surface area contributed by atoms with E-state index in [2.05, 4.69) is 5.32 Å². The van der Waals surface area contributed by atoms with Gasteiger partial charge in [0.2, 0.25) is 11.7 Å². The van der Waals surface area contributed by atoms with Crippen LogP contribution in [-0.4, -0.2) is 80.0 Å².